The maximum Gasteiger partial charge on any atom is 0.319 e. The number of amides is 2. The van der Waals surface area contributed by atoms with Crippen LogP contribution in [0, 0.1) is 0 Å². The largest absolute Gasteiger partial charge is 0.468 e. The Morgan fingerprint density at radius 2 is 2.29 bits per heavy atom. The molecule has 1 saturated heterocycles. The molecular formula is C8H12N2O4. The first kappa shape index (κ1) is 10.6. The molecule has 0 aromatic heterocycles. The molecule has 1 heterocycles. The number of nitrogens with zero attached hydrogens (tertiary/aromatic N) is 1. The van der Waals surface area contributed by atoms with Crippen LogP contribution in [0.1, 0.15) is 6.42 Å². The highest BCUT2D eigenvalue weighted by atomic mass is 16.5. The van der Waals surface area contributed by atoms with Crippen molar-refractivity contribution in [2.45, 2.75) is 12.5 Å². The van der Waals surface area contributed by atoms with E-state index in [9.17, 15) is 14.4 Å². The molecule has 0 aromatic rings. The molecule has 1 fully saturated rings. The van der Waals surface area contributed by atoms with Gasteiger partial charge >= 0.3 is 5.97 Å². The summed E-state index contributed by atoms with van der Waals surface area (Å²) in [7, 11) is 2.87. The first-order valence-corrected chi connectivity index (χ1v) is 4.15. The SMILES string of the molecule is COC(=O)CN(C)C1CC(=O)NC1=O. The van der Waals surface area contributed by atoms with E-state index in [1.54, 1.807) is 7.05 Å². The first-order valence-electron chi connectivity index (χ1n) is 4.15. The minimum Gasteiger partial charge on any atom is -0.468 e. The molecular weight excluding hydrogens is 188 g/mol. The van der Waals surface area contributed by atoms with Gasteiger partial charge in [-0.15, -0.1) is 0 Å². The molecule has 14 heavy (non-hydrogen) atoms. The zero-order valence-corrected chi connectivity index (χ0v) is 8.07. The van der Waals surface area contributed by atoms with Crippen molar-refractivity contribution in [3.63, 3.8) is 0 Å². The number of carbonyl (C=O) groups excluding carboxylic acids is 3. The van der Waals surface area contributed by atoms with E-state index in [2.05, 4.69) is 10.1 Å². The number of imide groups is 1. The Kier molecular flexibility index (Phi) is 3.19. The number of methoxy groups -OCH3 is 1. The van der Waals surface area contributed by atoms with Crippen molar-refractivity contribution in [3.8, 4) is 0 Å². The van der Waals surface area contributed by atoms with Gasteiger partial charge in [0.1, 0.15) is 0 Å². The fraction of sp³-hybridized carbons (Fsp3) is 0.625. The summed E-state index contributed by atoms with van der Waals surface area (Å²) >= 11 is 0. The minimum absolute atomic E-state index is 0.00185. The molecule has 0 aromatic carbocycles. The second-order valence-electron chi connectivity index (χ2n) is 3.12. The third-order valence-electron chi connectivity index (χ3n) is 2.08. The van der Waals surface area contributed by atoms with Crippen molar-refractivity contribution < 1.29 is 19.1 Å². The topological polar surface area (TPSA) is 75.7 Å². The molecule has 1 atom stereocenters. The Morgan fingerprint density at radius 1 is 1.64 bits per heavy atom. The van der Waals surface area contributed by atoms with Crippen LogP contribution in [0.15, 0.2) is 0 Å². The monoisotopic (exact) mass is 200 g/mol. The zero-order chi connectivity index (χ0) is 10.7. The molecule has 0 aliphatic carbocycles. The van der Waals surface area contributed by atoms with Gasteiger partial charge in [0, 0.05) is 0 Å². The number of esters is 1. The molecule has 1 N–H and O–H groups in total. The molecule has 1 unspecified atom stereocenters. The summed E-state index contributed by atoms with van der Waals surface area (Å²) in [5, 5.41) is 2.17. The average Bonchev–Trinajstić information content (AvgIpc) is 2.45. The highest BCUT2D eigenvalue weighted by Gasteiger charge is 2.34. The average molecular weight is 200 g/mol. The van der Waals surface area contributed by atoms with Gasteiger partial charge in [-0.3, -0.25) is 24.6 Å². The molecule has 6 nitrogen and oxygen atoms in total. The molecule has 1 aliphatic heterocycles. The van der Waals surface area contributed by atoms with Gasteiger partial charge in [0.15, 0.2) is 0 Å². The lowest BCUT2D eigenvalue weighted by Gasteiger charge is -2.19. The first-order chi connectivity index (χ1) is 6.54. The van der Waals surface area contributed by atoms with Crippen LogP contribution in [0.2, 0.25) is 0 Å². The van der Waals surface area contributed by atoms with E-state index in [1.165, 1.54) is 12.0 Å². The van der Waals surface area contributed by atoms with Gasteiger partial charge < -0.3 is 4.74 Å². The smallest absolute Gasteiger partial charge is 0.319 e. The Labute approximate surface area is 81.2 Å². The Hall–Kier alpha value is -1.43. The molecule has 0 radical (unpaired) electrons. The summed E-state index contributed by atoms with van der Waals surface area (Å²) in [4.78, 5) is 34.4. The number of likely N-dealkylation sites (N-methyl/N-ethyl adjacent to an activating group) is 1. The van der Waals surface area contributed by atoms with Gasteiger partial charge in [-0.05, 0) is 7.05 Å². The molecule has 2 amide bonds. The molecule has 6 heteroatoms. The lowest BCUT2D eigenvalue weighted by Crippen LogP contribution is -2.41. The number of hydrogen-bond acceptors (Lipinski definition) is 5. The van der Waals surface area contributed by atoms with Gasteiger partial charge in [0.25, 0.3) is 0 Å². The molecule has 1 rings (SSSR count). The van der Waals surface area contributed by atoms with E-state index >= 15 is 0 Å². The number of nitrogens with one attached hydrogen (secondary N) is 1. The van der Waals surface area contributed by atoms with Crippen molar-refractivity contribution in [1.29, 1.82) is 0 Å². The molecule has 0 saturated carbocycles. The minimum atomic E-state index is -0.554. The number of ether oxygens (including phenoxy) is 1. The Morgan fingerprint density at radius 3 is 2.71 bits per heavy atom. The summed E-state index contributed by atoms with van der Waals surface area (Å²) in [5.74, 6) is -1.10. The third kappa shape index (κ3) is 2.29. The lowest BCUT2D eigenvalue weighted by atomic mass is 10.2. The van der Waals surface area contributed by atoms with E-state index < -0.39 is 12.0 Å². The standard InChI is InChI=1S/C8H12N2O4/c1-10(4-7(12)14-2)5-3-6(11)9-8(5)13/h5H,3-4H2,1-2H3,(H,9,11,13). The van der Waals surface area contributed by atoms with Crippen molar-refractivity contribution in [1.82, 2.24) is 10.2 Å². The fourth-order valence-corrected chi connectivity index (χ4v) is 1.27. The van der Waals surface area contributed by atoms with Gasteiger partial charge in [0.05, 0.1) is 26.1 Å². The zero-order valence-electron chi connectivity index (χ0n) is 8.07. The van der Waals surface area contributed by atoms with Crippen LogP contribution in [0.5, 0.6) is 0 Å². The second-order valence-corrected chi connectivity index (χ2v) is 3.12. The normalized spacial score (nSPS) is 21.2. The van der Waals surface area contributed by atoms with Crippen molar-refractivity contribution in [3.05, 3.63) is 0 Å². The van der Waals surface area contributed by atoms with Crippen LogP contribution in [0.25, 0.3) is 0 Å². The quantitative estimate of drug-likeness (QED) is 0.443. The van der Waals surface area contributed by atoms with Crippen molar-refractivity contribution in [2.24, 2.45) is 0 Å². The highest BCUT2D eigenvalue weighted by Crippen LogP contribution is 2.08. The van der Waals surface area contributed by atoms with E-state index in [0.717, 1.165) is 0 Å². The van der Waals surface area contributed by atoms with Gasteiger partial charge in [0.2, 0.25) is 11.8 Å². The van der Waals surface area contributed by atoms with Gasteiger partial charge in [-0.1, -0.05) is 0 Å². The lowest BCUT2D eigenvalue weighted by molar-refractivity contribution is -0.142. The molecule has 0 bridgehead atoms. The summed E-state index contributed by atoms with van der Waals surface area (Å²) in [6.45, 7) is 0.00185. The van der Waals surface area contributed by atoms with Crippen LogP contribution in [0.4, 0.5) is 0 Å². The Balaban J connectivity index is 2.52. The molecule has 78 valence electrons. The van der Waals surface area contributed by atoms with Crippen LogP contribution < -0.4 is 5.32 Å². The number of rotatable bonds is 3. The maximum absolute atomic E-state index is 11.2. The number of hydrogen-bond donors (Lipinski definition) is 1. The van der Waals surface area contributed by atoms with Crippen LogP contribution >= 0.6 is 0 Å². The van der Waals surface area contributed by atoms with Crippen LogP contribution in [-0.2, 0) is 19.1 Å². The van der Waals surface area contributed by atoms with E-state index in [4.69, 9.17) is 0 Å². The highest BCUT2D eigenvalue weighted by molar-refractivity contribution is 6.05. The summed E-state index contributed by atoms with van der Waals surface area (Å²) < 4.78 is 4.45. The van der Waals surface area contributed by atoms with E-state index in [1.807, 2.05) is 0 Å². The van der Waals surface area contributed by atoms with Gasteiger partial charge in [-0.25, -0.2) is 0 Å². The fourth-order valence-electron chi connectivity index (χ4n) is 1.27. The van der Waals surface area contributed by atoms with E-state index in [0.29, 0.717) is 0 Å². The Bertz CT molecular complexity index is 277. The maximum atomic E-state index is 11.2. The molecule has 0 spiro atoms. The van der Waals surface area contributed by atoms with Crippen LogP contribution in [0.3, 0.4) is 0 Å². The predicted molar refractivity (Wildman–Crippen MR) is 46.2 cm³/mol. The second kappa shape index (κ2) is 4.19. The molecule has 1 aliphatic rings. The van der Waals surface area contributed by atoms with E-state index in [-0.39, 0.29) is 24.8 Å². The summed E-state index contributed by atoms with van der Waals surface area (Å²) in [5.41, 5.74) is 0. The predicted octanol–water partition coefficient (Wildman–Crippen LogP) is -1.49. The van der Waals surface area contributed by atoms with Crippen molar-refractivity contribution >= 4 is 17.8 Å². The van der Waals surface area contributed by atoms with Crippen LogP contribution in [-0.4, -0.2) is 49.4 Å². The van der Waals surface area contributed by atoms with Crippen molar-refractivity contribution in [2.75, 3.05) is 20.7 Å². The third-order valence-corrected chi connectivity index (χ3v) is 2.08. The van der Waals surface area contributed by atoms with Gasteiger partial charge in [-0.2, -0.15) is 0 Å². The number of carbonyl (C=O) groups is 3. The summed E-state index contributed by atoms with van der Waals surface area (Å²) in [6.07, 6.45) is 0.103. The summed E-state index contributed by atoms with van der Waals surface area (Å²) in [6, 6.07) is -0.554.